The van der Waals surface area contributed by atoms with Crippen LogP contribution < -0.4 is 5.32 Å². The van der Waals surface area contributed by atoms with Crippen LogP contribution in [0.5, 0.6) is 0 Å². The quantitative estimate of drug-likeness (QED) is 0.812. The third-order valence-corrected chi connectivity index (χ3v) is 5.16. The van der Waals surface area contributed by atoms with Crippen molar-refractivity contribution in [3.05, 3.63) is 34.7 Å². The lowest BCUT2D eigenvalue weighted by atomic mass is 9.88. The molecule has 90 valence electrons. The average molecular weight is 247 g/mol. The van der Waals surface area contributed by atoms with Crippen molar-refractivity contribution in [2.75, 3.05) is 13.1 Å². The van der Waals surface area contributed by atoms with Crippen LogP contribution in [0.3, 0.4) is 0 Å². The number of benzene rings is 1. The molecule has 2 N–H and O–H groups in total. The molecule has 2 heterocycles. The zero-order chi connectivity index (χ0) is 11.9. The van der Waals surface area contributed by atoms with Gasteiger partial charge in [-0.05, 0) is 49.9 Å². The summed E-state index contributed by atoms with van der Waals surface area (Å²) in [5.74, 6) is 0. The predicted octanol–water partition coefficient (Wildman–Crippen LogP) is 2.78. The monoisotopic (exact) mass is 247 g/mol. The maximum absolute atomic E-state index is 10.8. The van der Waals surface area contributed by atoms with Gasteiger partial charge in [0.05, 0.1) is 0 Å². The van der Waals surface area contributed by atoms with Crippen LogP contribution in [0.4, 0.5) is 0 Å². The van der Waals surface area contributed by atoms with Crippen molar-refractivity contribution in [1.82, 2.24) is 5.32 Å². The van der Waals surface area contributed by atoms with E-state index in [0.717, 1.165) is 25.9 Å². The number of fused-ring (bicyclic) bond motifs is 1. The molecule has 1 saturated heterocycles. The van der Waals surface area contributed by atoms with Gasteiger partial charge in [0.15, 0.2) is 0 Å². The fourth-order valence-corrected chi connectivity index (χ4v) is 4.04. The molecule has 0 spiro atoms. The van der Waals surface area contributed by atoms with Gasteiger partial charge < -0.3 is 10.4 Å². The van der Waals surface area contributed by atoms with Crippen LogP contribution in [0.1, 0.15) is 23.3 Å². The average Bonchev–Trinajstić information content (AvgIpc) is 2.69. The summed E-state index contributed by atoms with van der Waals surface area (Å²) in [5.41, 5.74) is 0.647. The fraction of sp³-hybridized carbons (Fsp3) is 0.429. The highest BCUT2D eigenvalue weighted by atomic mass is 32.1. The summed E-state index contributed by atoms with van der Waals surface area (Å²) < 4.78 is 1.28. The van der Waals surface area contributed by atoms with E-state index in [1.807, 2.05) is 0 Å². The highest BCUT2D eigenvalue weighted by molar-refractivity contribution is 7.19. The number of aryl methyl sites for hydroxylation is 1. The molecule has 0 radical (unpaired) electrons. The standard InChI is InChI=1S/C14H17NOS/c1-10-11-4-2-3-5-12(11)17-13(10)14(16)6-8-15-9-7-14/h2-5,15-16H,6-9H2,1H3. The molecule has 0 amide bonds. The van der Waals surface area contributed by atoms with E-state index in [-0.39, 0.29) is 0 Å². The summed E-state index contributed by atoms with van der Waals surface area (Å²) in [6.07, 6.45) is 1.64. The Bertz CT molecular complexity index is 540. The second kappa shape index (κ2) is 4.09. The summed E-state index contributed by atoms with van der Waals surface area (Å²) in [6.45, 7) is 3.95. The number of aliphatic hydroxyl groups is 1. The largest absolute Gasteiger partial charge is 0.384 e. The zero-order valence-corrected chi connectivity index (χ0v) is 10.8. The maximum atomic E-state index is 10.8. The lowest BCUT2D eigenvalue weighted by Gasteiger charge is -2.32. The van der Waals surface area contributed by atoms with Gasteiger partial charge in [0.2, 0.25) is 0 Å². The topological polar surface area (TPSA) is 32.3 Å². The molecule has 0 bridgehead atoms. The normalized spacial score (nSPS) is 19.6. The fourth-order valence-electron chi connectivity index (χ4n) is 2.69. The Labute approximate surface area is 105 Å². The van der Waals surface area contributed by atoms with Crippen molar-refractivity contribution < 1.29 is 5.11 Å². The highest BCUT2D eigenvalue weighted by Crippen LogP contribution is 2.41. The molecule has 1 aromatic carbocycles. The number of piperidine rings is 1. The van der Waals surface area contributed by atoms with E-state index in [4.69, 9.17) is 0 Å². The van der Waals surface area contributed by atoms with E-state index in [0.29, 0.717) is 0 Å². The van der Waals surface area contributed by atoms with Crippen LogP contribution in [0.15, 0.2) is 24.3 Å². The van der Waals surface area contributed by atoms with Crippen molar-refractivity contribution in [2.45, 2.75) is 25.4 Å². The van der Waals surface area contributed by atoms with E-state index < -0.39 is 5.60 Å². The molecule has 3 heteroatoms. The first-order valence-electron chi connectivity index (χ1n) is 6.12. The number of nitrogens with one attached hydrogen (secondary N) is 1. The van der Waals surface area contributed by atoms with E-state index >= 15 is 0 Å². The van der Waals surface area contributed by atoms with Crippen molar-refractivity contribution in [1.29, 1.82) is 0 Å². The van der Waals surface area contributed by atoms with Gasteiger partial charge in [-0.1, -0.05) is 18.2 Å². The molecule has 0 atom stereocenters. The minimum absolute atomic E-state index is 0.612. The van der Waals surface area contributed by atoms with Crippen molar-refractivity contribution in [2.24, 2.45) is 0 Å². The first kappa shape index (κ1) is 11.2. The predicted molar refractivity (Wildman–Crippen MR) is 72.6 cm³/mol. The van der Waals surface area contributed by atoms with Gasteiger partial charge in [-0.3, -0.25) is 0 Å². The second-order valence-electron chi connectivity index (χ2n) is 4.83. The second-order valence-corrected chi connectivity index (χ2v) is 5.89. The Morgan fingerprint density at radius 3 is 2.65 bits per heavy atom. The van der Waals surface area contributed by atoms with Gasteiger partial charge in [0.1, 0.15) is 5.60 Å². The summed E-state index contributed by atoms with van der Waals surface area (Å²) in [6, 6.07) is 8.42. The lowest BCUT2D eigenvalue weighted by Crippen LogP contribution is -2.39. The van der Waals surface area contributed by atoms with Gasteiger partial charge in [-0.25, -0.2) is 0 Å². The molecule has 0 unspecified atom stereocenters. The van der Waals surface area contributed by atoms with Crippen molar-refractivity contribution in [3.8, 4) is 0 Å². The lowest BCUT2D eigenvalue weighted by molar-refractivity contribution is 0.00901. The zero-order valence-electron chi connectivity index (χ0n) is 9.99. The van der Waals surface area contributed by atoms with Crippen LogP contribution in [-0.4, -0.2) is 18.2 Å². The highest BCUT2D eigenvalue weighted by Gasteiger charge is 2.34. The van der Waals surface area contributed by atoms with Crippen molar-refractivity contribution in [3.63, 3.8) is 0 Å². The van der Waals surface area contributed by atoms with Crippen LogP contribution in [0, 0.1) is 6.92 Å². The Balaban J connectivity index is 2.13. The molecular weight excluding hydrogens is 230 g/mol. The van der Waals surface area contributed by atoms with Crippen LogP contribution in [0.2, 0.25) is 0 Å². The third-order valence-electron chi connectivity index (χ3n) is 3.70. The Hall–Kier alpha value is -0.900. The molecule has 17 heavy (non-hydrogen) atoms. The third kappa shape index (κ3) is 1.79. The van der Waals surface area contributed by atoms with E-state index in [2.05, 4.69) is 36.5 Å². The van der Waals surface area contributed by atoms with Crippen LogP contribution in [0.25, 0.3) is 10.1 Å². The van der Waals surface area contributed by atoms with E-state index in [1.165, 1.54) is 20.5 Å². The smallest absolute Gasteiger partial charge is 0.101 e. The van der Waals surface area contributed by atoms with Gasteiger partial charge in [-0.2, -0.15) is 0 Å². The van der Waals surface area contributed by atoms with Crippen molar-refractivity contribution >= 4 is 21.4 Å². The van der Waals surface area contributed by atoms with E-state index in [9.17, 15) is 5.11 Å². The number of hydrogen-bond donors (Lipinski definition) is 2. The summed E-state index contributed by atoms with van der Waals surface area (Å²) in [4.78, 5) is 1.17. The molecule has 0 saturated carbocycles. The molecule has 0 aliphatic carbocycles. The van der Waals surface area contributed by atoms with Gasteiger partial charge in [0, 0.05) is 9.58 Å². The van der Waals surface area contributed by atoms with Gasteiger partial charge in [-0.15, -0.1) is 11.3 Å². The maximum Gasteiger partial charge on any atom is 0.101 e. The summed E-state index contributed by atoms with van der Waals surface area (Å²) >= 11 is 1.75. The molecule has 2 nitrogen and oxygen atoms in total. The number of rotatable bonds is 1. The Morgan fingerprint density at radius 1 is 1.24 bits per heavy atom. The molecule has 1 aliphatic heterocycles. The van der Waals surface area contributed by atoms with E-state index in [1.54, 1.807) is 11.3 Å². The molecule has 1 fully saturated rings. The minimum Gasteiger partial charge on any atom is -0.384 e. The molecule has 3 rings (SSSR count). The Morgan fingerprint density at radius 2 is 1.94 bits per heavy atom. The number of hydrogen-bond acceptors (Lipinski definition) is 3. The van der Waals surface area contributed by atoms with Crippen LogP contribution in [-0.2, 0) is 5.60 Å². The molecule has 1 aromatic heterocycles. The van der Waals surface area contributed by atoms with Gasteiger partial charge in [0.25, 0.3) is 0 Å². The summed E-state index contributed by atoms with van der Waals surface area (Å²) in [7, 11) is 0. The van der Waals surface area contributed by atoms with Gasteiger partial charge >= 0.3 is 0 Å². The summed E-state index contributed by atoms with van der Waals surface area (Å²) in [5, 5.41) is 15.4. The Kier molecular flexibility index (Phi) is 2.69. The molecular formula is C14H17NOS. The van der Waals surface area contributed by atoms with Crippen LogP contribution >= 0.6 is 11.3 Å². The minimum atomic E-state index is -0.612. The number of thiophene rings is 1. The first-order chi connectivity index (χ1) is 8.21. The SMILES string of the molecule is Cc1c(C2(O)CCNCC2)sc2ccccc12. The molecule has 2 aromatic rings. The first-order valence-corrected chi connectivity index (χ1v) is 6.94. The molecule has 1 aliphatic rings.